The van der Waals surface area contributed by atoms with Gasteiger partial charge in [-0.15, -0.1) is 6.42 Å². The Morgan fingerprint density at radius 1 is 1.39 bits per heavy atom. The van der Waals surface area contributed by atoms with Crippen LogP contribution in [0.5, 0.6) is 0 Å². The van der Waals surface area contributed by atoms with Gasteiger partial charge in [-0.1, -0.05) is 18.1 Å². The summed E-state index contributed by atoms with van der Waals surface area (Å²) in [6.07, 6.45) is 3.94. The van der Waals surface area contributed by atoms with Gasteiger partial charge in [0.2, 0.25) is 5.91 Å². The van der Waals surface area contributed by atoms with Gasteiger partial charge >= 0.3 is 6.03 Å². The molecule has 124 valence electrons. The summed E-state index contributed by atoms with van der Waals surface area (Å²) in [6, 6.07) is 2.72. The number of halogens is 1. The highest BCUT2D eigenvalue weighted by Crippen LogP contribution is 2.08. The number of aliphatic hydroxyl groups excluding tert-OH is 1. The molecule has 0 saturated heterocycles. The molecule has 1 aromatic rings. The second-order valence-electron chi connectivity index (χ2n) is 5.05. The van der Waals surface area contributed by atoms with Crippen molar-refractivity contribution in [1.82, 2.24) is 16.0 Å². The first-order valence-corrected chi connectivity index (χ1v) is 7.03. The van der Waals surface area contributed by atoms with Crippen LogP contribution < -0.4 is 16.0 Å². The van der Waals surface area contributed by atoms with Crippen LogP contribution in [0.3, 0.4) is 0 Å². The van der Waals surface area contributed by atoms with Crippen molar-refractivity contribution in [3.05, 3.63) is 35.1 Å². The number of carbonyl (C=O) groups is 2. The average molecular weight is 321 g/mol. The first-order chi connectivity index (χ1) is 10.8. The molecule has 0 radical (unpaired) electrons. The van der Waals surface area contributed by atoms with Crippen LogP contribution in [0.4, 0.5) is 9.18 Å². The molecule has 0 spiro atoms. The fraction of sp³-hybridized carbons (Fsp3) is 0.375. The van der Waals surface area contributed by atoms with Crippen LogP contribution in [-0.2, 0) is 11.3 Å². The largest absolute Gasteiger partial charge is 0.391 e. The molecule has 0 unspecified atom stereocenters. The number of hydrogen-bond acceptors (Lipinski definition) is 3. The van der Waals surface area contributed by atoms with Crippen molar-refractivity contribution in [2.45, 2.75) is 32.5 Å². The number of terminal acetylenes is 1. The molecule has 0 fully saturated rings. The van der Waals surface area contributed by atoms with E-state index in [1.165, 1.54) is 13.0 Å². The maximum Gasteiger partial charge on any atom is 0.315 e. The monoisotopic (exact) mass is 321 g/mol. The number of rotatable bonds is 6. The summed E-state index contributed by atoms with van der Waals surface area (Å²) in [5.41, 5.74) is 1.18. The van der Waals surface area contributed by atoms with E-state index in [2.05, 4.69) is 21.9 Å². The Morgan fingerprint density at radius 2 is 2.09 bits per heavy atom. The van der Waals surface area contributed by atoms with Crippen LogP contribution in [0.1, 0.15) is 18.1 Å². The molecule has 7 heteroatoms. The number of benzene rings is 1. The van der Waals surface area contributed by atoms with Crippen molar-refractivity contribution in [2.24, 2.45) is 0 Å². The molecule has 0 heterocycles. The second-order valence-corrected chi connectivity index (χ2v) is 5.05. The minimum absolute atomic E-state index is 0.000207. The fourth-order valence-electron chi connectivity index (χ4n) is 1.84. The highest BCUT2D eigenvalue weighted by atomic mass is 19.1. The predicted octanol–water partition coefficient (Wildman–Crippen LogP) is 0.432. The molecule has 3 amide bonds. The van der Waals surface area contributed by atoms with E-state index >= 15 is 0 Å². The summed E-state index contributed by atoms with van der Waals surface area (Å²) < 4.78 is 13.2. The highest BCUT2D eigenvalue weighted by molar-refractivity contribution is 5.87. The summed E-state index contributed by atoms with van der Waals surface area (Å²) in [5.74, 6) is 1.33. The van der Waals surface area contributed by atoms with Gasteiger partial charge in [0, 0.05) is 6.54 Å². The highest BCUT2D eigenvalue weighted by Gasteiger charge is 2.25. The maximum absolute atomic E-state index is 13.2. The lowest BCUT2D eigenvalue weighted by Gasteiger charge is -2.20. The zero-order valence-corrected chi connectivity index (χ0v) is 13.0. The number of aryl methyl sites for hydroxylation is 1. The summed E-state index contributed by atoms with van der Waals surface area (Å²) in [5, 5.41) is 16.9. The minimum atomic E-state index is -1.13. The van der Waals surface area contributed by atoms with E-state index in [9.17, 15) is 19.1 Å². The number of carbonyl (C=O) groups excluding carboxylic acids is 2. The quantitative estimate of drug-likeness (QED) is 0.573. The standard InChI is InChI=1S/C16H20FN3O3/c1-4-7-18-15(22)14(11(3)21)20-16(23)19-9-12-5-6-13(17)10(2)8-12/h1,5-6,8,11,14,21H,7,9H2,2-3H3,(H,18,22)(H2,19,20,23)/t11-,14+/m1/s1. The molecular weight excluding hydrogens is 301 g/mol. The van der Waals surface area contributed by atoms with Crippen LogP contribution in [0, 0.1) is 25.1 Å². The lowest BCUT2D eigenvalue weighted by molar-refractivity contribution is -0.124. The van der Waals surface area contributed by atoms with Crippen molar-refractivity contribution >= 4 is 11.9 Å². The molecule has 0 aliphatic carbocycles. The van der Waals surface area contributed by atoms with Crippen molar-refractivity contribution in [2.75, 3.05) is 6.54 Å². The van der Waals surface area contributed by atoms with E-state index in [0.29, 0.717) is 11.1 Å². The fourth-order valence-corrected chi connectivity index (χ4v) is 1.84. The Bertz CT molecular complexity index is 611. The number of urea groups is 1. The third kappa shape index (κ3) is 5.96. The summed E-state index contributed by atoms with van der Waals surface area (Å²) in [6.45, 7) is 3.16. The zero-order valence-electron chi connectivity index (χ0n) is 13.0. The minimum Gasteiger partial charge on any atom is -0.391 e. The number of hydrogen-bond donors (Lipinski definition) is 4. The Kier molecular flexibility index (Phi) is 7.03. The third-order valence-corrected chi connectivity index (χ3v) is 3.09. The molecule has 4 N–H and O–H groups in total. The number of nitrogens with one attached hydrogen (secondary N) is 3. The van der Waals surface area contributed by atoms with E-state index in [0.717, 1.165) is 0 Å². The lowest BCUT2D eigenvalue weighted by Crippen LogP contribution is -2.54. The van der Waals surface area contributed by atoms with Crippen LogP contribution in [-0.4, -0.2) is 35.7 Å². The van der Waals surface area contributed by atoms with E-state index < -0.39 is 24.1 Å². The molecule has 0 aliphatic heterocycles. The molecule has 1 aromatic carbocycles. The Balaban J connectivity index is 2.57. The van der Waals surface area contributed by atoms with Crippen LogP contribution in [0.15, 0.2) is 18.2 Å². The van der Waals surface area contributed by atoms with E-state index in [1.807, 2.05) is 0 Å². The SMILES string of the molecule is C#CCNC(=O)[C@@H](NC(=O)NCc1ccc(F)c(C)c1)[C@@H](C)O. The normalized spacial score (nSPS) is 12.7. The van der Waals surface area contributed by atoms with Gasteiger partial charge in [-0.3, -0.25) is 4.79 Å². The Labute approximate surface area is 134 Å². The van der Waals surface area contributed by atoms with Crippen molar-refractivity contribution in [3.8, 4) is 12.3 Å². The van der Waals surface area contributed by atoms with Gasteiger partial charge in [-0.05, 0) is 31.0 Å². The van der Waals surface area contributed by atoms with E-state index in [1.54, 1.807) is 19.1 Å². The van der Waals surface area contributed by atoms with Crippen LogP contribution >= 0.6 is 0 Å². The van der Waals surface area contributed by atoms with E-state index in [-0.39, 0.29) is 18.9 Å². The second kappa shape index (κ2) is 8.76. The number of aliphatic hydroxyl groups is 1. The topological polar surface area (TPSA) is 90.5 Å². The van der Waals surface area contributed by atoms with Crippen LogP contribution in [0.25, 0.3) is 0 Å². The molecule has 2 atom stereocenters. The van der Waals surface area contributed by atoms with Crippen LogP contribution in [0.2, 0.25) is 0 Å². The molecule has 1 rings (SSSR count). The van der Waals surface area contributed by atoms with Crippen molar-refractivity contribution in [3.63, 3.8) is 0 Å². The van der Waals surface area contributed by atoms with Gasteiger partial charge < -0.3 is 21.1 Å². The van der Waals surface area contributed by atoms with E-state index in [4.69, 9.17) is 6.42 Å². The lowest BCUT2D eigenvalue weighted by atomic mass is 10.1. The first kappa shape index (κ1) is 18.5. The van der Waals surface area contributed by atoms with Gasteiger partial charge in [-0.2, -0.15) is 0 Å². The molecule has 0 aliphatic rings. The summed E-state index contributed by atoms with van der Waals surface area (Å²) in [7, 11) is 0. The number of amides is 3. The smallest absolute Gasteiger partial charge is 0.315 e. The molecule has 0 saturated carbocycles. The summed E-state index contributed by atoms with van der Waals surface area (Å²) in [4.78, 5) is 23.6. The first-order valence-electron chi connectivity index (χ1n) is 7.03. The van der Waals surface area contributed by atoms with Gasteiger partial charge in [-0.25, -0.2) is 9.18 Å². The zero-order chi connectivity index (χ0) is 17.4. The van der Waals surface area contributed by atoms with Crippen molar-refractivity contribution < 1.29 is 19.1 Å². The predicted molar refractivity (Wildman–Crippen MR) is 83.8 cm³/mol. The van der Waals surface area contributed by atoms with Gasteiger partial charge in [0.05, 0.1) is 12.6 Å². The van der Waals surface area contributed by atoms with Gasteiger partial charge in [0.15, 0.2) is 0 Å². The Morgan fingerprint density at radius 3 is 2.65 bits per heavy atom. The molecule has 23 heavy (non-hydrogen) atoms. The molecule has 0 aromatic heterocycles. The molecular formula is C16H20FN3O3. The summed E-state index contributed by atoms with van der Waals surface area (Å²) >= 11 is 0. The average Bonchev–Trinajstić information content (AvgIpc) is 2.51. The van der Waals surface area contributed by atoms with Gasteiger partial charge in [0.1, 0.15) is 11.9 Å². The molecule has 0 bridgehead atoms. The third-order valence-electron chi connectivity index (χ3n) is 3.09. The van der Waals surface area contributed by atoms with Crippen molar-refractivity contribution in [1.29, 1.82) is 0 Å². The maximum atomic E-state index is 13.2. The van der Waals surface area contributed by atoms with Gasteiger partial charge in [0.25, 0.3) is 0 Å². The Hall–Kier alpha value is -2.59. The molecule has 6 nitrogen and oxygen atoms in total.